The molecule has 24 heavy (non-hydrogen) atoms. The molecule has 0 unspecified atom stereocenters. The molecule has 0 spiro atoms. The molecule has 2 N–H and O–H groups in total. The third-order valence-corrected chi connectivity index (χ3v) is 5.06. The number of carbonyl (C=O) groups is 1. The van der Waals surface area contributed by atoms with Crippen LogP contribution >= 0.6 is 0 Å². The first-order valence-electron chi connectivity index (χ1n) is 7.28. The summed E-state index contributed by atoms with van der Waals surface area (Å²) in [6.45, 7) is 4.83. The van der Waals surface area contributed by atoms with Crippen LogP contribution in [0.5, 0.6) is 5.75 Å². The highest BCUT2D eigenvalue weighted by Gasteiger charge is 2.20. The molecule has 0 aromatic heterocycles. The smallest absolute Gasteiger partial charge is 0.262 e. The van der Waals surface area contributed by atoms with Gasteiger partial charge in [0.1, 0.15) is 5.75 Å². The molecule has 0 heterocycles. The van der Waals surface area contributed by atoms with Crippen molar-refractivity contribution in [3.8, 4) is 5.75 Å². The lowest BCUT2D eigenvalue weighted by Crippen LogP contribution is -2.16. The number of carbonyl (C=O) groups excluding carboxylic acids is 1. The Labute approximate surface area is 141 Å². The normalized spacial score (nSPS) is 11.0. The highest BCUT2D eigenvalue weighted by Crippen LogP contribution is 2.28. The Morgan fingerprint density at radius 2 is 1.62 bits per heavy atom. The predicted molar refractivity (Wildman–Crippen MR) is 94.0 cm³/mol. The quantitative estimate of drug-likeness (QED) is 0.870. The van der Waals surface area contributed by atoms with Crippen molar-refractivity contribution in [1.82, 2.24) is 0 Å². The fraction of sp³-hybridized carbons (Fsp3) is 0.235. The van der Waals surface area contributed by atoms with Crippen molar-refractivity contribution in [3.63, 3.8) is 0 Å². The number of hydrogen-bond donors (Lipinski definition) is 2. The van der Waals surface area contributed by atoms with E-state index in [1.165, 1.54) is 14.0 Å². The first-order chi connectivity index (χ1) is 11.2. The van der Waals surface area contributed by atoms with Crippen molar-refractivity contribution in [2.45, 2.75) is 25.7 Å². The highest BCUT2D eigenvalue weighted by molar-refractivity contribution is 7.92. The van der Waals surface area contributed by atoms with Gasteiger partial charge in [-0.2, -0.15) is 0 Å². The van der Waals surface area contributed by atoms with Gasteiger partial charge < -0.3 is 10.1 Å². The number of ether oxygens (including phenoxy) is 1. The fourth-order valence-corrected chi connectivity index (χ4v) is 4.03. The predicted octanol–water partition coefficient (Wildman–Crippen LogP) is 3.07. The van der Waals surface area contributed by atoms with E-state index in [1.54, 1.807) is 50.2 Å². The molecule has 0 aliphatic rings. The van der Waals surface area contributed by atoms with Gasteiger partial charge in [-0.15, -0.1) is 0 Å². The van der Waals surface area contributed by atoms with Gasteiger partial charge in [0.15, 0.2) is 0 Å². The molecule has 128 valence electrons. The fourth-order valence-electron chi connectivity index (χ4n) is 2.52. The monoisotopic (exact) mass is 348 g/mol. The van der Waals surface area contributed by atoms with Gasteiger partial charge in [0, 0.05) is 12.6 Å². The molecule has 2 aromatic rings. The Bertz CT molecular complexity index is 853. The van der Waals surface area contributed by atoms with Crippen LogP contribution in [-0.4, -0.2) is 21.4 Å². The van der Waals surface area contributed by atoms with Crippen LogP contribution in [0, 0.1) is 13.8 Å². The van der Waals surface area contributed by atoms with Gasteiger partial charge in [0.25, 0.3) is 10.0 Å². The maximum absolute atomic E-state index is 12.7. The van der Waals surface area contributed by atoms with Crippen molar-refractivity contribution in [2.75, 3.05) is 17.1 Å². The molecule has 0 aliphatic carbocycles. The van der Waals surface area contributed by atoms with Gasteiger partial charge in [-0.3, -0.25) is 9.52 Å². The molecule has 0 atom stereocenters. The third-order valence-electron chi connectivity index (χ3n) is 3.37. The van der Waals surface area contributed by atoms with E-state index in [9.17, 15) is 13.2 Å². The van der Waals surface area contributed by atoms with E-state index >= 15 is 0 Å². The molecule has 0 fully saturated rings. The number of rotatable bonds is 5. The summed E-state index contributed by atoms with van der Waals surface area (Å²) in [5, 5.41) is 2.62. The first-order valence-corrected chi connectivity index (χ1v) is 8.77. The van der Waals surface area contributed by atoms with E-state index < -0.39 is 10.0 Å². The lowest BCUT2D eigenvalue weighted by molar-refractivity contribution is -0.114. The summed E-state index contributed by atoms with van der Waals surface area (Å²) in [6, 6.07) is 9.88. The van der Waals surface area contributed by atoms with Gasteiger partial charge >= 0.3 is 0 Å². The van der Waals surface area contributed by atoms with Crippen LogP contribution in [-0.2, 0) is 14.8 Å². The first kappa shape index (κ1) is 17.8. The molecule has 2 rings (SSSR count). The van der Waals surface area contributed by atoms with Crippen LogP contribution < -0.4 is 14.8 Å². The van der Waals surface area contributed by atoms with Crippen LogP contribution in [0.15, 0.2) is 41.3 Å². The van der Waals surface area contributed by atoms with Crippen LogP contribution in [0.25, 0.3) is 0 Å². The summed E-state index contributed by atoms with van der Waals surface area (Å²) in [5.41, 5.74) is 2.08. The summed E-state index contributed by atoms with van der Waals surface area (Å²) >= 11 is 0. The second-order valence-electron chi connectivity index (χ2n) is 5.46. The van der Waals surface area contributed by atoms with Crippen LogP contribution in [0.3, 0.4) is 0 Å². The average Bonchev–Trinajstić information content (AvgIpc) is 2.45. The summed E-state index contributed by atoms with van der Waals surface area (Å²) in [5.74, 6) is 0.383. The Morgan fingerprint density at radius 3 is 2.17 bits per heavy atom. The number of sulfonamides is 1. The number of anilines is 2. The van der Waals surface area contributed by atoms with Crippen molar-refractivity contribution in [3.05, 3.63) is 47.5 Å². The Morgan fingerprint density at radius 1 is 1.04 bits per heavy atom. The summed E-state index contributed by atoms with van der Waals surface area (Å²) in [4.78, 5) is 11.3. The minimum atomic E-state index is -3.76. The topological polar surface area (TPSA) is 84.5 Å². The van der Waals surface area contributed by atoms with E-state index in [0.29, 0.717) is 28.3 Å². The van der Waals surface area contributed by atoms with E-state index in [2.05, 4.69) is 10.0 Å². The minimum Gasteiger partial charge on any atom is -0.497 e. The number of benzene rings is 2. The largest absolute Gasteiger partial charge is 0.497 e. The number of amides is 1. The van der Waals surface area contributed by atoms with Crippen molar-refractivity contribution < 1.29 is 17.9 Å². The van der Waals surface area contributed by atoms with E-state index in [4.69, 9.17) is 4.74 Å². The van der Waals surface area contributed by atoms with E-state index in [1.807, 2.05) is 0 Å². The lowest BCUT2D eigenvalue weighted by atomic mass is 10.1. The van der Waals surface area contributed by atoms with Gasteiger partial charge in [0.2, 0.25) is 5.91 Å². The molecule has 0 radical (unpaired) electrons. The highest BCUT2D eigenvalue weighted by atomic mass is 32.2. The molecular formula is C17H20N2O4S. The van der Waals surface area contributed by atoms with Crippen molar-refractivity contribution >= 4 is 27.3 Å². The number of nitrogens with one attached hydrogen (secondary N) is 2. The summed E-state index contributed by atoms with van der Waals surface area (Å²) in [7, 11) is -2.23. The second kappa shape index (κ2) is 6.92. The van der Waals surface area contributed by atoms with Gasteiger partial charge in [-0.25, -0.2) is 8.42 Å². The van der Waals surface area contributed by atoms with E-state index in [-0.39, 0.29) is 10.8 Å². The lowest BCUT2D eigenvalue weighted by Gasteiger charge is -2.15. The molecule has 0 saturated carbocycles. The zero-order valence-corrected chi connectivity index (χ0v) is 14.8. The number of methoxy groups -OCH3 is 1. The number of aryl methyl sites for hydroxylation is 2. The van der Waals surface area contributed by atoms with Gasteiger partial charge in [0.05, 0.1) is 17.7 Å². The van der Waals surface area contributed by atoms with Crippen LogP contribution in [0.1, 0.15) is 18.1 Å². The summed E-state index contributed by atoms with van der Waals surface area (Å²) < 4.78 is 33.2. The molecule has 0 bridgehead atoms. The SMILES string of the molecule is COc1cc(C)c(S(=O)(=O)Nc2cccc(NC(C)=O)c2)c(C)c1. The minimum absolute atomic E-state index is 0.216. The zero-order valence-electron chi connectivity index (χ0n) is 14.0. The van der Waals surface area contributed by atoms with E-state index in [0.717, 1.165) is 0 Å². The van der Waals surface area contributed by atoms with Gasteiger partial charge in [-0.1, -0.05) is 6.07 Å². The Hall–Kier alpha value is -2.54. The summed E-state index contributed by atoms with van der Waals surface area (Å²) in [6.07, 6.45) is 0. The molecule has 0 aliphatic heterocycles. The standard InChI is InChI=1S/C17H20N2O4S/c1-11-8-16(23-4)9-12(2)17(11)24(21,22)19-15-7-5-6-14(10-15)18-13(3)20/h5-10,19H,1-4H3,(H,18,20). The molecule has 2 aromatic carbocycles. The molecule has 6 nitrogen and oxygen atoms in total. The van der Waals surface area contributed by atoms with Crippen molar-refractivity contribution in [1.29, 1.82) is 0 Å². The molecule has 7 heteroatoms. The number of hydrogen-bond acceptors (Lipinski definition) is 4. The molecule has 1 amide bonds. The maximum atomic E-state index is 12.7. The zero-order chi connectivity index (χ0) is 17.9. The Kier molecular flexibility index (Phi) is 5.14. The molecule has 0 saturated heterocycles. The van der Waals surface area contributed by atoms with Crippen LogP contribution in [0.2, 0.25) is 0 Å². The van der Waals surface area contributed by atoms with Crippen molar-refractivity contribution in [2.24, 2.45) is 0 Å². The maximum Gasteiger partial charge on any atom is 0.262 e. The second-order valence-corrected chi connectivity index (χ2v) is 7.08. The third kappa shape index (κ3) is 4.05. The van der Waals surface area contributed by atoms with Crippen LogP contribution in [0.4, 0.5) is 11.4 Å². The average molecular weight is 348 g/mol. The Balaban J connectivity index is 2.37. The van der Waals surface area contributed by atoms with Gasteiger partial charge in [-0.05, 0) is 55.3 Å². The molecular weight excluding hydrogens is 328 g/mol.